The normalized spacial score (nSPS) is 11.6. The number of fused-ring (bicyclic) bond motifs is 7. The molecule has 2 aromatic heterocycles. The van der Waals surface area contributed by atoms with Gasteiger partial charge in [0.25, 0.3) is 0 Å². The molecular formula is C64H42N2S. The molecule has 0 amide bonds. The van der Waals surface area contributed by atoms with Gasteiger partial charge in [0.2, 0.25) is 0 Å². The number of hydrogen-bond acceptors (Lipinski definition) is 2. The largest absolute Gasteiger partial charge is 0.311 e. The molecule has 0 fully saturated rings. The highest BCUT2D eigenvalue weighted by molar-refractivity contribution is 7.25. The van der Waals surface area contributed by atoms with E-state index in [1.54, 1.807) is 0 Å². The minimum atomic E-state index is 1.09. The second-order valence-corrected chi connectivity index (χ2v) is 18.4. The quantitative estimate of drug-likeness (QED) is 0.148. The van der Waals surface area contributed by atoms with E-state index in [4.69, 9.17) is 0 Å². The second kappa shape index (κ2) is 16.2. The summed E-state index contributed by atoms with van der Waals surface area (Å²) in [6.45, 7) is 0. The zero-order chi connectivity index (χ0) is 44.3. The fourth-order valence-corrected chi connectivity index (χ4v) is 11.3. The Morgan fingerprint density at radius 3 is 1.37 bits per heavy atom. The molecule has 0 saturated heterocycles. The fourth-order valence-electron chi connectivity index (χ4n) is 10.1. The standard InChI is InChI=1S/C64H42N2S/c1-2-15-55-47(11-1)12-10-19-56(55)48-25-23-43(24-26-48)44-27-34-51(35-28-44)65(53-38-31-46(32-39-53)50-33-40-60-59-18-5-8-22-63(59)67-64(60)42-50)52-36-29-45(30-37-52)49-13-9-14-54(41-49)66-61-20-6-3-16-57(61)58-17-4-7-21-62(58)66/h1-42H. The molecular weight excluding hydrogens is 829 g/mol. The number of aromatic nitrogens is 1. The first kappa shape index (κ1) is 38.9. The van der Waals surface area contributed by atoms with E-state index in [-0.39, 0.29) is 0 Å². The van der Waals surface area contributed by atoms with Crippen LogP contribution in [0.4, 0.5) is 17.1 Å². The van der Waals surface area contributed by atoms with Gasteiger partial charge in [-0.05, 0) is 128 Å². The van der Waals surface area contributed by atoms with E-state index in [1.165, 1.54) is 97.3 Å². The van der Waals surface area contributed by atoms with Gasteiger partial charge in [-0.1, -0.05) is 182 Å². The van der Waals surface area contributed by atoms with E-state index >= 15 is 0 Å². The van der Waals surface area contributed by atoms with Gasteiger partial charge in [-0.25, -0.2) is 0 Å². The Morgan fingerprint density at radius 2 is 0.731 bits per heavy atom. The molecule has 13 aromatic rings. The third kappa shape index (κ3) is 6.88. The van der Waals surface area contributed by atoms with Gasteiger partial charge in [-0.3, -0.25) is 0 Å². The zero-order valence-electron chi connectivity index (χ0n) is 36.6. The predicted octanol–water partition coefficient (Wildman–Crippen LogP) is 18.4. The lowest BCUT2D eigenvalue weighted by molar-refractivity contribution is 1.18. The summed E-state index contributed by atoms with van der Waals surface area (Å²) in [4.78, 5) is 2.37. The summed E-state index contributed by atoms with van der Waals surface area (Å²) in [5, 5.41) is 7.70. The van der Waals surface area contributed by atoms with Gasteiger partial charge in [0.1, 0.15) is 0 Å². The number of nitrogens with zero attached hydrogens (tertiary/aromatic N) is 2. The van der Waals surface area contributed by atoms with Crippen LogP contribution in [0.5, 0.6) is 0 Å². The van der Waals surface area contributed by atoms with Crippen molar-refractivity contribution in [1.82, 2.24) is 4.57 Å². The van der Waals surface area contributed by atoms with Gasteiger partial charge in [0, 0.05) is 53.7 Å². The van der Waals surface area contributed by atoms with Gasteiger partial charge in [-0.2, -0.15) is 0 Å². The number of hydrogen-bond donors (Lipinski definition) is 0. The first-order valence-corrected chi connectivity index (χ1v) is 23.7. The molecule has 2 nitrogen and oxygen atoms in total. The Hall–Kier alpha value is -8.50. The number of thiophene rings is 1. The average molecular weight is 871 g/mol. The first-order chi connectivity index (χ1) is 33.2. The molecule has 0 saturated carbocycles. The maximum absolute atomic E-state index is 2.39. The highest BCUT2D eigenvalue weighted by Gasteiger charge is 2.16. The predicted molar refractivity (Wildman–Crippen MR) is 288 cm³/mol. The highest BCUT2D eigenvalue weighted by Crippen LogP contribution is 2.41. The molecule has 314 valence electrons. The Morgan fingerprint density at radius 1 is 0.284 bits per heavy atom. The molecule has 0 aliphatic heterocycles. The summed E-state index contributed by atoms with van der Waals surface area (Å²) >= 11 is 1.86. The van der Waals surface area contributed by atoms with Crippen LogP contribution in [-0.2, 0) is 0 Å². The summed E-state index contributed by atoms with van der Waals surface area (Å²) in [6, 6.07) is 93.1. The lowest BCUT2D eigenvalue weighted by atomic mass is 9.96. The molecule has 11 aromatic carbocycles. The van der Waals surface area contributed by atoms with Crippen molar-refractivity contribution in [2.24, 2.45) is 0 Å². The van der Waals surface area contributed by atoms with Crippen LogP contribution in [0.1, 0.15) is 0 Å². The van der Waals surface area contributed by atoms with Crippen molar-refractivity contribution in [2.45, 2.75) is 0 Å². The minimum absolute atomic E-state index is 1.09. The average Bonchev–Trinajstić information content (AvgIpc) is 3.95. The molecule has 0 unspecified atom stereocenters. The molecule has 67 heavy (non-hydrogen) atoms. The van der Waals surface area contributed by atoms with Crippen LogP contribution in [0.3, 0.4) is 0 Å². The van der Waals surface area contributed by atoms with Crippen molar-refractivity contribution in [3.05, 3.63) is 255 Å². The van der Waals surface area contributed by atoms with Gasteiger partial charge < -0.3 is 9.47 Å². The number of rotatable bonds is 8. The fraction of sp³-hybridized carbons (Fsp3) is 0. The molecule has 0 spiro atoms. The summed E-state index contributed by atoms with van der Waals surface area (Å²) in [7, 11) is 0. The van der Waals surface area contributed by atoms with Crippen LogP contribution < -0.4 is 4.90 Å². The molecule has 2 heterocycles. The van der Waals surface area contributed by atoms with Crippen LogP contribution >= 0.6 is 11.3 Å². The number of benzene rings is 11. The third-order valence-electron chi connectivity index (χ3n) is 13.4. The third-order valence-corrected chi connectivity index (χ3v) is 14.6. The minimum Gasteiger partial charge on any atom is -0.311 e. The molecule has 0 aliphatic carbocycles. The van der Waals surface area contributed by atoms with E-state index in [2.05, 4.69) is 264 Å². The van der Waals surface area contributed by atoms with Crippen molar-refractivity contribution in [3.63, 3.8) is 0 Å². The van der Waals surface area contributed by atoms with Crippen LogP contribution in [0.2, 0.25) is 0 Å². The van der Waals surface area contributed by atoms with E-state index < -0.39 is 0 Å². The van der Waals surface area contributed by atoms with E-state index in [0.29, 0.717) is 0 Å². The van der Waals surface area contributed by atoms with Gasteiger partial charge in [-0.15, -0.1) is 11.3 Å². The van der Waals surface area contributed by atoms with Crippen molar-refractivity contribution in [3.8, 4) is 50.2 Å². The van der Waals surface area contributed by atoms with Crippen molar-refractivity contribution >= 4 is 81.1 Å². The molecule has 0 aliphatic rings. The summed E-state index contributed by atoms with van der Waals surface area (Å²) in [5.41, 5.74) is 16.5. The molecule has 0 bridgehead atoms. The van der Waals surface area contributed by atoms with Crippen molar-refractivity contribution < 1.29 is 0 Å². The summed E-state index contributed by atoms with van der Waals surface area (Å²) < 4.78 is 5.03. The highest BCUT2D eigenvalue weighted by atomic mass is 32.1. The second-order valence-electron chi connectivity index (χ2n) is 17.3. The maximum atomic E-state index is 2.39. The van der Waals surface area contributed by atoms with Gasteiger partial charge >= 0.3 is 0 Å². The lowest BCUT2D eigenvalue weighted by Crippen LogP contribution is -2.09. The molecule has 0 N–H and O–H groups in total. The Labute approximate surface area is 393 Å². The Bertz CT molecular complexity index is 3890. The Kier molecular flexibility index (Phi) is 9.40. The SMILES string of the molecule is c1cc(-c2ccc(N(c3ccc(-c4ccc(-c5cccc6ccccc56)cc4)cc3)c3ccc(-c4ccc5c(c4)sc4ccccc45)cc3)cc2)cc(-n2c3ccccc3c3ccccc32)c1. The lowest BCUT2D eigenvalue weighted by Gasteiger charge is -2.26. The van der Waals surface area contributed by atoms with Crippen LogP contribution in [0.15, 0.2) is 255 Å². The van der Waals surface area contributed by atoms with E-state index in [9.17, 15) is 0 Å². The number of anilines is 3. The van der Waals surface area contributed by atoms with Crippen molar-refractivity contribution in [1.29, 1.82) is 0 Å². The first-order valence-electron chi connectivity index (χ1n) is 22.9. The van der Waals surface area contributed by atoms with Crippen molar-refractivity contribution in [2.75, 3.05) is 4.90 Å². The Balaban J connectivity index is 0.849. The smallest absolute Gasteiger partial charge is 0.0541 e. The summed E-state index contributed by atoms with van der Waals surface area (Å²) in [5.74, 6) is 0. The molecule has 13 rings (SSSR count). The maximum Gasteiger partial charge on any atom is 0.0541 e. The van der Waals surface area contributed by atoms with E-state index in [1.807, 2.05) is 11.3 Å². The monoisotopic (exact) mass is 870 g/mol. The zero-order valence-corrected chi connectivity index (χ0v) is 37.4. The van der Waals surface area contributed by atoms with Crippen LogP contribution in [0.25, 0.3) is 103 Å². The van der Waals surface area contributed by atoms with Gasteiger partial charge in [0.15, 0.2) is 0 Å². The molecule has 0 radical (unpaired) electrons. The number of para-hydroxylation sites is 2. The van der Waals surface area contributed by atoms with Crippen LogP contribution in [-0.4, -0.2) is 4.57 Å². The van der Waals surface area contributed by atoms with Crippen LogP contribution in [0, 0.1) is 0 Å². The molecule has 3 heteroatoms. The molecule has 0 atom stereocenters. The van der Waals surface area contributed by atoms with Gasteiger partial charge in [0.05, 0.1) is 11.0 Å². The van der Waals surface area contributed by atoms with E-state index in [0.717, 1.165) is 22.7 Å². The summed E-state index contributed by atoms with van der Waals surface area (Å²) in [6.07, 6.45) is 0. The topological polar surface area (TPSA) is 8.17 Å².